The van der Waals surface area contributed by atoms with Crippen molar-refractivity contribution < 1.29 is 38.5 Å². The zero-order valence-corrected chi connectivity index (χ0v) is 36.5. The van der Waals surface area contributed by atoms with Crippen LogP contribution in [0.5, 0.6) is 0 Å². The van der Waals surface area contributed by atoms with E-state index >= 15 is 0 Å². The molecule has 1 atom stereocenters. The predicted octanol–water partition coefficient (Wildman–Crippen LogP) is 13.7. The Kier molecular flexibility index (Phi) is 40.0. The summed E-state index contributed by atoms with van der Waals surface area (Å²) in [5, 5.41) is 8.85. The van der Waals surface area contributed by atoms with Crippen LogP contribution in [0.1, 0.15) is 233 Å². The number of esters is 3. The summed E-state index contributed by atoms with van der Waals surface area (Å²) >= 11 is 0. The number of ether oxygens (including phenoxy) is 3. The van der Waals surface area contributed by atoms with E-state index in [0.29, 0.717) is 32.1 Å². The van der Waals surface area contributed by atoms with Crippen LogP contribution in [0.2, 0.25) is 0 Å². The first kappa shape index (κ1) is 53.4. The van der Waals surface area contributed by atoms with E-state index in [1.807, 2.05) is 6.92 Å². The Balaban J connectivity index is 4.37. The van der Waals surface area contributed by atoms with Crippen molar-refractivity contribution in [2.45, 2.75) is 239 Å². The van der Waals surface area contributed by atoms with Crippen LogP contribution in [-0.2, 0) is 33.4 Å². The molecule has 56 heavy (non-hydrogen) atoms. The molecule has 0 aromatic heterocycles. The lowest BCUT2D eigenvalue weighted by atomic mass is 10.00. The van der Waals surface area contributed by atoms with Crippen molar-refractivity contribution in [3.63, 3.8) is 0 Å². The zero-order valence-electron chi connectivity index (χ0n) is 36.5. The van der Waals surface area contributed by atoms with Crippen LogP contribution in [0.4, 0.5) is 0 Å². The van der Waals surface area contributed by atoms with Gasteiger partial charge in [0.1, 0.15) is 13.2 Å². The maximum absolute atomic E-state index is 12.7. The Morgan fingerprint density at radius 1 is 0.464 bits per heavy atom. The Morgan fingerprint density at radius 2 is 0.821 bits per heavy atom. The molecule has 0 aromatic carbocycles. The summed E-state index contributed by atoms with van der Waals surface area (Å²) in [6, 6.07) is 0. The number of hydrogen-bond acceptors (Lipinski definition) is 7. The third-order valence-corrected chi connectivity index (χ3v) is 10.3. The smallest absolute Gasteiger partial charge is 0.306 e. The number of hydrogen-bond donors (Lipinski definition) is 1. The number of aliphatic carboxylic acids is 1. The second kappa shape index (κ2) is 42.0. The molecule has 0 aliphatic carbocycles. The van der Waals surface area contributed by atoms with E-state index in [9.17, 15) is 19.2 Å². The van der Waals surface area contributed by atoms with Crippen molar-refractivity contribution in [3.05, 3.63) is 24.3 Å². The van der Waals surface area contributed by atoms with E-state index in [0.717, 1.165) is 64.2 Å². The molecule has 1 N–H and O–H groups in total. The fourth-order valence-corrected chi connectivity index (χ4v) is 6.70. The Labute approximate surface area is 343 Å². The van der Waals surface area contributed by atoms with Crippen LogP contribution in [0.3, 0.4) is 0 Å². The number of unbranched alkanes of at least 4 members (excludes halogenated alkanes) is 23. The molecule has 0 saturated carbocycles. The molecule has 0 rings (SSSR count). The molecule has 0 amide bonds. The third-order valence-electron chi connectivity index (χ3n) is 10.3. The summed E-state index contributed by atoms with van der Waals surface area (Å²) in [6.07, 6.45) is 42.1. The SMILES string of the molecule is CCCCCCCC/C=C\CCCCCCCC(=O)OCC(COC(=O)CCCCCCC/C=C\CCCCCCCC)OC(=O)CC(C)CCCCC(=O)O. The van der Waals surface area contributed by atoms with Gasteiger partial charge in [-0.25, -0.2) is 0 Å². The average Bonchev–Trinajstić information content (AvgIpc) is 3.17. The highest BCUT2D eigenvalue weighted by Gasteiger charge is 2.21. The molecule has 8 nitrogen and oxygen atoms in total. The Hall–Kier alpha value is -2.64. The summed E-state index contributed by atoms with van der Waals surface area (Å²) in [4.78, 5) is 48.6. The molecule has 0 bridgehead atoms. The lowest BCUT2D eigenvalue weighted by molar-refractivity contribution is -0.167. The second-order valence-electron chi connectivity index (χ2n) is 16.1. The number of carbonyl (C=O) groups excluding carboxylic acids is 3. The highest BCUT2D eigenvalue weighted by Crippen LogP contribution is 2.16. The Morgan fingerprint density at radius 3 is 1.21 bits per heavy atom. The minimum Gasteiger partial charge on any atom is -0.481 e. The van der Waals surface area contributed by atoms with Crippen LogP contribution >= 0.6 is 0 Å². The van der Waals surface area contributed by atoms with Crippen LogP contribution in [0.15, 0.2) is 24.3 Å². The summed E-state index contributed by atoms with van der Waals surface area (Å²) in [5.41, 5.74) is 0. The van der Waals surface area contributed by atoms with Gasteiger partial charge in [0.2, 0.25) is 0 Å². The standard InChI is InChI=1S/C48H86O8/c1-4-6-8-10-12-14-16-18-20-22-24-26-28-30-32-38-46(51)54-41-44(56-48(53)40-43(3)36-34-35-37-45(49)50)42-55-47(52)39-33-31-29-27-25-23-21-19-17-15-13-11-9-7-5-2/h18-21,43-44H,4-17,22-42H2,1-3H3,(H,49,50)/b20-18-,21-19-. The van der Waals surface area contributed by atoms with Crippen molar-refractivity contribution in [1.82, 2.24) is 0 Å². The van der Waals surface area contributed by atoms with Gasteiger partial charge in [0, 0.05) is 25.7 Å². The lowest BCUT2D eigenvalue weighted by Gasteiger charge is -2.19. The van der Waals surface area contributed by atoms with Gasteiger partial charge in [-0.05, 0) is 76.5 Å². The molecular formula is C48H86O8. The third kappa shape index (κ3) is 41.0. The van der Waals surface area contributed by atoms with Crippen molar-refractivity contribution in [2.75, 3.05) is 13.2 Å². The number of carboxylic acids is 1. The average molecular weight is 791 g/mol. The lowest BCUT2D eigenvalue weighted by Crippen LogP contribution is -2.31. The van der Waals surface area contributed by atoms with Gasteiger partial charge in [0.15, 0.2) is 6.10 Å². The van der Waals surface area contributed by atoms with Gasteiger partial charge in [-0.1, -0.05) is 161 Å². The highest BCUT2D eigenvalue weighted by molar-refractivity contribution is 5.71. The van der Waals surface area contributed by atoms with E-state index in [4.69, 9.17) is 19.3 Å². The monoisotopic (exact) mass is 791 g/mol. The molecule has 326 valence electrons. The van der Waals surface area contributed by atoms with E-state index in [1.165, 1.54) is 103 Å². The summed E-state index contributed by atoms with van der Waals surface area (Å²) in [5.74, 6) is -1.92. The number of rotatable bonds is 42. The van der Waals surface area contributed by atoms with E-state index in [2.05, 4.69) is 38.2 Å². The van der Waals surface area contributed by atoms with Crippen LogP contribution in [0.25, 0.3) is 0 Å². The molecule has 0 heterocycles. The highest BCUT2D eigenvalue weighted by atomic mass is 16.6. The topological polar surface area (TPSA) is 116 Å². The zero-order chi connectivity index (χ0) is 41.2. The van der Waals surface area contributed by atoms with Crippen LogP contribution in [0, 0.1) is 5.92 Å². The first-order valence-electron chi connectivity index (χ1n) is 23.3. The summed E-state index contributed by atoms with van der Waals surface area (Å²) in [6.45, 7) is 6.13. The molecule has 1 unspecified atom stereocenters. The van der Waals surface area contributed by atoms with E-state index < -0.39 is 18.0 Å². The van der Waals surface area contributed by atoms with Gasteiger partial charge in [0.05, 0.1) is 0 Å². The summed E-state index contributed by atoms with van der Waals surface area (Å²) < 4.78 is 16.6. The van der Waals surface area contributed by atoms with Gasteiger partial charge in [0.25, 0.3) is 0 Å². The fourth-order valence-electron chi connectivity index (χ4n) is 6.70. The van der Waals surface area contributed by atoms with Crippen molar-refractivity contribution in [2.24, 2.45) is 5.92 Å². The first-order valence-corrected chi connectivity index (χ1v) is 23.3. The molecule has 0 fully saturated rings. The predicted molar refractivity (Wildman–Crippen MR) is 231 cm³/mol. The number of carbonyl (C=O) groups is 4. The minimum absolute atomic E-state index is 0.0179. The van der Waals surface area contributed by atoms with E-state index in [1.54, 1.807) is 0 Å². The minimum atomic E-state index is -0.863. The largest absolute Gasteiger partial charge is 0.481 e. The molecule has 0 aliphatic rings. The molecule has 0 saturated heterocycles. The normalized spacial score (nSPS) is 12.1. The molecule has 0 aliphatic heterocycles. The van der Waals surface area contributed by atoms with E-state index in [-0.39, 0.29) is 43.9 Å². The number of carboxylic acid groups (broad SMARTS) is 1. The molecule has 0 aromatic rings. The van der Waals surface area contributed by atoms with Crippen molar-refractivity contribution in [3.8, 4) is 0 Å². The van der Waals surface area contributed by atoms with Crippen LogP contribution < -0.4 is 0 Å². The number of allylic oxidation sites excluding steroid dienone is 4. The van der Waals surface area contributed by atoms with Gasteiger partial charge in [-0.15, -0.1) is 0 Å². The molecule has 8 heteroatoms. The van der Waals surface area contributed by atoms with Gasteiger partial charge in [-0.2, -0.15) is 0 Å². The van der Waals surface area contributed by atoms with Crippen LogP contribution in [-0.4, -0.2) is 48.3 Å². The first-order chi connectivity index (χ1) is 27.3. The van der Waals surface area contributed by atoms with Gasteiger partial charge >= 0.3 is 23.9 Å². The maximum atomic E-state index is 12.7. The van der Waals surface area contributed by atoms with Gasteiger partial charge in [-0.3, -0.25) is 19.2 Å². The van der Waals surface area contributed by atoms with Crippen molar-refractivity contribution in [1.29, 1.82) is 0 Å². The fraction of sp³-hybridized carbons (Fsp3) is 0.833. The molecule has 0 radical (unpaired) electrons. The quantitative estimate of drug-likeness (QED) is 0.0281. The van der Waals surface area contributed by atoms with Crippen molar-refractivity contribution >= 4 is 23.9 Å². The Bertz CT molecular complexity index is 934. The second-order valence-corrected chi connectivity index (χ2v) is 16.1. The molecular weight excluding hydrogens is 705 g/mol. The van der Waals surface area contributed by atoms with Gasteiger partial charge < -0.3 is 19.3 Å². The summed E-state index contributed by atoms with van der Waals surface area (Å²) in [7, 11) is 0. The molecule has 0 spiro atoms. The maximum Gasteiger partial charge on any atom is 0.306 e.